The Kier molecular flexibility index (Phi) is 5.69. The van der Waals surface area contributed by atoms with E-state index in [9.17, 15) is 19.7 Å². The number of hydrogen-bond acceptors (Lipinski definition) is 5. The van der Waals surface area contributed by atoms with Crippen LogP contribution in [0.15, 0.2) is 12.1 Å². The molecule has 0 aliphatic rings. The number of carbonyl (C=O) groups excluding carboxylic acids is 1. The van der Waals surface area contributed by atoms with Crippen molar-refractivity contribution in [3.05, 3.63) is 36.9 Å². The van der Waals surface area contributed by atoms with Crippen LogP contribution >= 0.6 is 22.6 Å². The third-order valence-corrected chi connectivity index (χ3v) is 3.25. The zero-order chi connectivity index (χ0) is 17.1. The van der Waals surface area contributed by atoms with Crippen LogP contribution < -0.4 is 5.32 Å². The van der Waals surface area contributed by atoms with Gasteiger partial charge in [-0.1, -0.05) is 0 Å². The second-order valence-electron chi connectivity index (χ2n) is 5.41. The minimum absolute atomic E-state index is 0.0452. The monoisotopic (exact) mass is 422 g/mol. The molecule has 1 aromatic carbocycles. The van der Waals surface area contributed by atoms with Crippen LogP contribution in [-0.4, -0.2) is 27.7 Å². The molecule has 0 fully saturated rings. The minimum atomic E-state index is -1.19. The van der Waals surface area contributed by atoms with Crippen molar-refractivity contribution in [2.45, 2.75) is 32.9 Å². The molecule has 8 nitrogen and oxygen atoms in total. The van der Waals surface area contributed by atoms with Crippen LogP contribution in [0.25, 0.3) is 0 Å². The van der Waals surface area contributed by atoms with Crippen molar-refractivity contribution in [3.8, 4) is 0 Å². The SMILES string of the molecule is CC(C)(C)OC(=O)Nc1cc(C(=O)O)c(I)cc1C[N+](=O)[O-]. The largest absolute Gasteiger partial charge is 0.478 e. The molecule has 22 heavy (non-hydrogen) atoms. The number of rotatable bonds is 4. The summed E-state index contributed by atoms with van der Waals surface area (Å²) in [7, 11) is 0. The zero-order valence-corrected chi connectivity index (χ0v) is 14.3. The van der Waals surface area contributed by atoms with Crippen LogP contribution in [0.3, 0.4) is 0 Å². The number of carboxylic acid groups (broad SMARTS) is 1. The van der Waals surface area contributed by atoms with Gasteiger partial charge in [-0.05, 0) is 55.5 Å². The molecular weight excluding hydrogens is 407 g/mol. The summed E-state index contributed by atoms with van der Waals surface area (Å²) < 4.78 is 5.41. The summed E-state index contributed by atoms with van der Waals surface area (Å²) in [5.74, 6) is -1.19. The normalized spacial score (nSPS) is 10.9. The Bertz CT molecular complexity index is 624. The quantitative estimate of drug-likeness (QED) is 0.437. The van der Waals surface area contributed by atoms with Gasteiger partial charge in [-0.15, -0.1) is 0 Å². The highest BCUT2D eigenvalue weighted by atomic mass is 127. The van der Waals surface area contributed by atoms with Gasteiger partial charge in [0.2, 0.25) is 6.54 Å². The Hall–Kier alpha value is -1.91. The van der Waals surface area contributed by atoms with Crippen LogP contribution in [0, 0.1) is 13.7 Å². The summed E-state index contributed by atoms with van der Waals surface area (Å²) in [4.78, 5) is 33.1. The molecular formula is C13H15IN2O6. The fourth-order valence-corrected chi connectivity index (χ4v) is 2.34. The first-order chi connectivity index (χ1) is 9.99. The smallest absolute Gasteiger partial charge is 0.412 e. The predicted octanol–water partition coefficient (Wildman–Crippen LogP) is 3.11. The number of aromatic carboxylic acids is 1. The van der Waals surface area contributed by atoms with Gasteiger partial charge < -0.3 is 9.84 Å². The summed E-state index contributed by atoms with van der Waals surface area (Å²) >= 11 is 1.77. The minimum Gasteiger partial charge on any atom is -0.478 e. The summed E-state index contributed by atoms with van der Waals surface area (Å²) in [6.07, 6.45) is -0.811. The van der Waals surface area contributed by atoms with Crippen molar-refractivity contribution in [1.29, 1.82) is 0 Å². The Morgan fingerprint density at radius 1 is 1.41 bits per heavy atom. The number of hydrogen-bond donors (Lipinski definition) is 2. The van der Waals surface area contributed by atoms with Gasteiger partial charge in [0.15, 0.2) is 0 Å². The summed E-state index contributed by atoms with van der Waals surface area (Å²) in [5.41, 5.74) is -0.556. The number of anilines is 1. The van der Waals surface area contributed by atoms with Crippen LogP contribution in [0.2, 0.25) is 0 Å². The molecule has 2 N–H and O–H groups in total. The average Bonchev–Trinajstić information content (AvgIpc) is 2.28. The Labute approximate surface area is 140 Å². The van der Waals surface area contributed by atoms with E-state index in [0.29, 0.717) is 3.57 Å². The number of halogens is 1. The van der Waals surface area contributed by atoms with Crippen molar-refractivity contribution < 1.29 is 24.4 Å². The topological polar surface area (TPSA) is 119 Å². The van der Waals surface area contributed by atoms with Crippen LogP contribution in [0.5, 0.6) is 0 Å². The molecule has 0 atom stereocenters. The van der Waals surface area contributed by atoms with E-state index in [-0.39, 0.29) is 16.8 Å². The fraction of sp³-hybridized carbons (Fsp3) is 0.385. The standard InChI is InChI=1S/C13H15IN2O6/c1-13(2,3)22-12(19)15-10-5-8(11(17)18)9(14)4-7(10)6-16(20)21/h4-5H,6H2,1-3H3,(H,15,19)(H,17,18). The highest BCUT2D eigenvalue weighted by Gasteiger charge is 2.21. The number of nitrogens with zero attached hydrogens (tertiary/aromatic N) is 1. The zero-order valence-electron chi connectivity index (χ0n) is 12.2. The molecule has 0 saturated carbocycles. The lowest BCUT2D eigenvalue weighted by Crippen LogP contribution is -2.27. The van der Waals surface area contributed by atoms with E-state index >= 15 is 0 Å². The Balaban J connectivity index is 3.18. The van der Waals surface area contributed by atoms with Crippen molar-refractivity contribution >= 4 is 40.3 Å². The maximum absolute atomic E-state index is 11.8. The molecule has 0 saturated heterocycles. The van der Waals surface area contributed by atoms with Gasteiger partial charge >= 0.3 is 12.1 Å². The number of ether oxygens (including phenoxy) is 1. The predicted molar refractivity (Wildman–Crippen MR) is 86.7 cm³/mol. The molecule has 9 heteroatoms. The first-order valence-corrected chi connectivity index (χ1v) is 7.25. The summed E-state index contributed by atoms with van der Waals surface area (Å²) in [5, 5.41) is 22.2. The average molecular weight is 422 g/mol. The van der Waals surface area contributed by atoms with Crippen molar-refractivity contribution in [2.24, 2.45) is 0 Å². The fourth-order valence-electron chi connectivity index (χ4n) is 1.58. The van der Waals surface area contributed by atoms with E-state index < -0.39 is 29.1 Å². The van der Waals surface area contributed by atoms with Crippen molar-refractivity contribution in [2.75, 3.05) is 5.32 Å². The molecule has 1 rings (SSSR count). The first kappa shape index (κ1) is 18.1. The van der Waals surface area contributed by atoms with Gasteiger partial charge in [-0.25, -0.2) is 9.59 Å². The molecule has 1 amide bonds. The van der Waals surface area contributed by atoms with Crippen LogP contribution in [0.1, 0.15) is 36.7 Å². The van der Waals surface area contributed by atoms with E-state index in [2.05, 4.69) is 5.32 Å². The lowest BCUT2D eigenvalue weighted by Gasteiger charge is -2.20. The van der Waals surface area contributed by atoms with Gasteiger partial charge in [0.25, 0.3) is 0 Å². The second-order valence-corrected chi connectivity index (χ2v) is 6.57. The third kappa shape index (κ3) is 5.47. The maximum atomic E-state index is 11.8. The Morgan fingerprint density at radius 3 is 2.45 bits per heavy atom. The summed E-state index contributed by atoms with van der Waals surface area (Å²) in [6, 6.07) is 2.55. The van der Waals surface area contributed by atoms with Crippen molar-refractivity contribution in [1.82, 2.24) is 0 Å². The molecule has 0 aliphatic carbocycles. The maximum Gasteiger partial charge on any atom is 0.412 e. The molecule has 0 aromatic heterocycles. The molecule has 0 aliphatic heterocycles. The number of carbonyl (C=O) groups is 2. The van der Waals surface area contributed by atoms with E-state index in [0.717, 1.165) is 0 Å². The van der Waals surface area contributed by atoms with Gasteiger partial charge in [-0.3, -0.25) is 15.4 Å². The lowest BCUT2D eigenvalue weighted by molar-refractivity contribution is -0.496. The summed E-state index contributed by atoms with van der Waals surface area (Å²) in [6.45, 7) is 4.46. The van der Waals surface area contributed by atoms with Crippen molar-refractivity contribution in [3.63, 3.8) is 0 Å². The molecule has 120 valence electrons. The molecule has 0 spiro atoms. The molecule has 0 radical (unpaired) electrons. The molecule has 0 heterocycles. The number of amides is 1. The highest BCUT2D eigenvalue weighted by molar-refractivity contribution is 14.1. The van der Waals surface area contributed by atoms with Crippen LogP contribution in [-0.2, 0) is 11.3 Å². The van der Waals surface area contributed by atoms with Gasteiger partial charge in [0.1, 0.15) is 5.60 Å². The molecule has 1 aromatic rings. The number of benzene rings is 1. The first-order valence-electron chi connectivity index (χ1n) is 6.17. The van der Waals surface area contributed by atoms with E-state index in [1.165, 1.54) is 12.1 Å². The number of nitrogens with one attached hydrogen (secondary N) is 1. The molecule has 0 unspecified atom stereocenters. The van der Waals surface area contributed by atoms with E-state index in [1.807, 2.05) is 0 Å². The third-order valence-electron chi connectivity index (χ3n) is 2.36. The molecule has 0 bridgehead atoms. The lowest BCUT2D eigenvalue weighted by atomic mass is 10.1. The number of nitro groups is 1. The van der Waals surface area contributed by atoms with Gasteiger partial charge in [0.05, 0.1) is 11.3 Å². The second kappa shape index (κ2) is 6.90. The van der Waals surface area contributed by atoms with Crippen LogP contribution in [0.4, 0.5) is 10.5 Å². The van der Waals surface area contributed by atoms with Gasteiger partial charge in [0, 0.05) is 14.1 Å². The highest BCUT2D eigenvalue weighted by Crippen LogP contribution is 2.25. The van der Waals surface area contributed by atoms with Gasteiger partial charge in [-0.2, -0.15) is 0 Å². The Morgan fingerprint density at radius 2 is 2.00 bits per heavy atom. The van der Waals surface area contributed by atoms with E-state index in [4.69, 9.17) is 9.84 Å². The van der Waals surface area contributed by atoms with E-state index in [1.54, 1.807) is 43.4 Å². The number of carboxylic acids is 1.